The van der Waals surface area contributed by atoms with E-state index in [1.54, 1.807) is 25.1 Å². The van der Waals surface area contributed by atoms with Crippen molar-refractivity contribution in [3.8, 4) is 17.6 Å². The van der Waals surface area contributed by atoms with E-state index in [0.717, 1.165) is 5.56 Å². The van der Waals surface area contributed by atoms with Gasteiger partial charge < -0.3 is 14.8 Å². The van der Waals surface area contributed by atoms with Crippen LogP contribution in [0.15, 0.2) is 48.5 Å². The largest absolute Gasteiger partial charge is 0.497 e. The van der Waals surface area contributed by atoms with Crippen LogP contribution in [0.5, 0.6) is 11.5 Å². The van der Waals surface area contributed by atoms with Crippen molar-refractivity contribution in [1.29, 1.82) is 5.26 Å². The fourth-order valence-electron chi connectivity index (χ4n) is 2.49. The van der Waals surface area contributed by atoms with Crippen LogP contribution in [-0.4, -0.2) is 25.7 Å². The summed E-state index contributed by atoms with van der Waals surface area (Å²) in [6, 6.07) is 17.1. The zero-order valence-corrected chi connectivity index (χ0v) is 14.7. The number of benzene rings is 2. The van der Waals surface area contributed by atoms with Gasteiger partial charge in [0.15, 0.2) is 0 Å². The SMILES string of the molecule is COc1ccc(OC)c(C(=O)N[C@](C)(C#N)CCc2ccccc2)c1. The third-order valence-corrected chi connectivity index (χ3v) is 4.04. The highest BCUT2D eigenvalue weighted by molar-refractivity contribution is 5.98. The van der Waals surface area contributed by atoms with Crippen molar-refractivity contribution < 1.29 is 14.3 Å². The molecule has 0 aliphatic heterocycles. The lowest BCUT2D eigenvalue weighted by atomic mass is 9.94. The van der Waals surface area contributed by atoms with Crippen LogP contribution >= 0.6 is 0 Å². The zero-order chi connectivity index (χ0) is 18.3. The molecule has 0 heterocycles. The quantitative estimate of drug-likeness (QED) is 0.840. The van der Waals surface area contributed by atoms with Gasteiger partial charge >= 0.3 is 0 Å². The summed E-state index contributed by atoms with van der Waals surface area (Å²) >= 11 is 0. The summed E-state index contributed by atoms with van der Waals surface area (Å²) in [7, 11) is 3.03. The summed E-state index contributed by atoms with van der Waals surface area (Å²) in [6.45, 7) is 1.72. The molecule has 0 saturated heterocycles. The molecule has 25 heavy (non-hydrogen) atoms. The summed E-state index contributed by atoms with van der Waals surface area (Å²) in [5, 5.41) is 12.4. The predicted molar refractivity (Wildman–Crippen MR) is 95.8 cm³/mol. The average Bonchev–Trinajstić information content (AvgIpc) is 2.66. The van der Waals surface area contributed by atoms with Crippen molar-refractivity contribution in [2.75, 3.05) is 14.2 Å². The molecule has 0 aromatic heterocycles. The molecule has 1 amide bonds. The Hall–Kier alpha value is -3.00. The van der Waals surface area contributed by atoms with Gasteiger partial charge in [-0.2, -0.15) is 5.26 Å². The smallest absolute Gasteiger partial charge is 0.256 e. The summed E-state index contributed by atoms with van der Waals surface area (Å²) < 4.78 is 10.4. The molecular weight excluding hydrogens is 316 g/mol. The number of rotatable bonds is 7. The van der Waals surface area contributed by atoms with Crippen molar-refractivity contribution in [3.63, 3.8) is 0 Å². The van der Waals surface area contributed by atoms with Gasteiger partial charge in [-0.15, -0.1) is 0 Å². The molecule has 2 rings (SSSR count). The highest BCUT2D eigenvalue weighted by atomic mass is 16.5. The first kappa shape index (κ1) is 18.3. The van der Waals surface area contributed by atoms with Crippen LogP contribution < -0.4 is 14.8 Å². The van der Waals surface area contributed by atoms with E-state index in [2.05, 4.69) is 11.4 Å². The lowest BCUT2D eigenvalue weighted by Crippen LogP contribution is -2.45. The number of ether oxygens (including phenoxy) is 2. The van der Waals surface area contributed by atoms with Gasteiger partial charge in [0.1, 0.15) is 17.0 Å². The second-order valence-electron chi connectivity index (χ2n) is 5.95. The van der Waals surface area contributed by atoms with Crippen LogP contribution in [0, 0.1) is 11.3 Å². The van der Waals surface area contributed by atoms with Crippen LogP contribution in [0.3, 0.4) is 0 Å². The molecule has 130 valence electrons. The Bertz CT molecular complexity index is 768. The highest BCUT2D eigenvalue weighted by Crippen LogP contribution is 2.25. The van der Waals surface area contributed by atoms with E-state index in [0.29, 0.717) is 29.9 Å². The molecule has 0 unspecified atom stereocenters. The summed E-state index contributed by atoms with van der Waals surface area (Å²) in [5.41, 5.74) is 0.473. The molecule has 5 heteroatoms. The Morgan fingerprint density at radius 2 is 1.88 bits per heavy atom. The number of nitrogens with zero attached hydrogens (tertiary/aromatic N) is 1. The topological polar surface area (TPSA) is 71.3 Å². The van der Waals surface area contributed by atoms with Crippen LogP contribution in [0.4, 0.5) is 0 Å². The van der Waals surface area contributed by atoms with Crippen molar-refractivity contribution in [3.05, 3.63) is 59.7 Å². The maximum absolute atomic E-state index is 12.7. The maximum Gasteiger partial charge on any atom is 0.256 e. The third-order valence-electron chi connectivity index (χ3n) is 4.04. The lowest BCUT2D eigenvalue weighted by Gasteiger charge is -2.24. The van der Waals surface area contributed by atoms with Gasteiger partial charge in [-0.3, -0.25) is 4.79 Å². The van der Waals surface area contributed by atoms with Gasteiger partial charge in [-0.05, 0) is 43.5 Å². The maximum atomic E-state index is 12.7. The van der Waals surface area contributed by atoms with E-state index < -0.39 is 5.54 Å². The van der Waals surface area contributed by atoms with E-state index in [4.69, 9.17) is 9.47 Å². The standard InChI is InChI=1S/C20H22N2O3/c1-20(14-21,12-11-15-7-5-4-6-8-15)22-19(23)17-13-16(24-2)9-10-18(17)25-3/h4-10,13H,11-12H2,1-3H3,(H,22,23)/t20-/m0/s1. The zero-order valence-electron chi connectivity index (χ0n) is 14.7. The van der Waals surface area contributed by atoms with Gasteiger partial charge in [0.05, 0.1) is 25.9 Å². The number of hydrogen-bond acceptors (Lipinski definition) is 4. The second-order valence-corrected chi connectivity index (χ2v) is 5.95. The Labute approximate surface area is 148 Å². The summed E-state index contributed by atoms with van der Waals surface area (Å²) in [4.78, 5) is 12.7. The average molecular weight is 338 g/mol. The number of carbonyl (C=O) groups excluding carboxylic acids is 1. The molecule has 2 aromatic carbocycles. The normalized spacial score (nSPS) is 12.6. The van der Waals surface area contributed by atoms with Gasteiger partial charge in [0.2, 0.25) is 0 Å². The first-order valence-corrected chi connectivity index (χ1v) is 8.01. The van der Waals surface area contributed by atoms with Gasteiger partial charge in [0, 0.05) is 0 Å². The first-order chi connectivity index (χ1) is 12.0. The highest BCUT2D eigenvalue weighted by Gasteiger charge is 2.27. The summed E-state index contributed by atoms with van der Waals surface area (Å²) in [6.07, 6.45) is 1.20. The van der Waals surface area contributed by atoms with E-state index in [1.165, 1.54) is 14.2 Å². The van der Waals surface area contributed by atoms with Crippen LogP contribution in [-0.2, 0) is 6.42 Å². The third kappa shape index (κ3) is 4.74. The molecule has 0 fully saturated rings. The number of carbonyl (C=O) groups is 1. The minimum atomic E-state index is -0.985. The second kappa shape index (κ2) is 8.20. The molecule has 2 aromatic rings. The molecule has 0 bridgehead atoms. The molecule has 0 aliphatic rings. The number of aryl methyl sites for hydroxylation is 1. The fourth-order valence-corrected chi connectivity index (χ4v) is 2.49. The Balaban J connectivity index is 2.15. The van der Waals surface area contributed by atoms with Crippen molar-refractivity contribution >= 4 is 5.91 Å². The Kier molecular flexibility index (Phi) is 6.02. The number of methoxy groups -OCH3 is 2. The van der Waals surface area contributed by atoms with Crippen LogP contribution in [0.1, 0.15) is 29.3 Å². The van der Waals surface area contributed by atoms with Gasteiger partial charge in [0.25, 0.3) is 5.91 Å². The fraction of sp³-hybridized carbons (Fsp3) is 0.300. The van der Waals surface area contributed by atoms with E-state index in [9.17, 15) is 10.1 Å². The van der Waals surface area contributed by atoms with Crippen LogP contribution in [0.2, 0.25) is 0 Å². The predicted octanol–water partition coefficient (Wildman–Crippen LogP) is 3.35. The number of nitrogens with one attached hydrogen (secondary N) is 1. The monoisotopic (exact) mass is 338 g/mol. The molecule has 5 nitrogen and oxygen atoms in total. The number of nitriles is 1. The molecule has 0 radical (unpaired) electrons. The molecule has 1 atom stereocenters. The van der Waals surface area contributed by atoms with Gasteiger partial charge in [-0.25, -0.2) is 0 Å². The van der Waals surface area contributed by atoms with Crippen molar-refractivity contribution in [2.24, 2.45) is 0 Å². The Morgan fingerprint density at radius 1 is 1.16 bits per heavy atom. The van der Waals surface area contributed by atoms with Crippen molar-refractivity contribution in [1.82, 2.24) is 5.32 Å². The first-order valence-electron chi connectivity index (χ1n) is 8.01. The Morgan fingerprint density at radius 3 is 2.48 bits per heavy atom. The van der Waals surface area contributed by atoms with Gasteiger partial charge in [-0.1, -0.05) is 30.3 Å². The molecule has 0 saturated carbocycles. The molecule has 1 N–H and O–H groups in total. The van der Waals surface area contributed by atoms with E-state index in [1.807, 2.05) is 30.3 Å². The van der Waals surface area contributed by atoms with E-state index in [-0.39, 0.29) is 5.91 Å². The van der Waals surface area contributed by atoms with E-state index >= 15 is 0 Å². The van der Waals surface area contributed by atoms with Crippen molar-refractivity contribution in [2.45, 2.75) is 25.3 Å². The molecule has 0 spiro atoms. The number of hydrogen-bond donors (Lipinski definition) is 1. The molecule has 0 aliphatic carbocycles. The van der Waals surface area contributed by atoms with Crippen LogP contribution in [0.25, 0.3) is 0 Å². The summed E-state index contributed by atoms with van der Waals surface area (Å²) in [5.74, 6) is 0.614. The number of amides is 1. The minimum Gasteiger partial charge on any atom is -0.497 e. The molecular formula is C20H22N2O3. The lowest BCUT2D eigenvalue weighted by molar-refractivity contribution is 0.0918. The minimum absolute atomic E-state index is 0.336.